The lowest BCUT2D eigenvalue weighted by Crippen LogP contribution is -2.28. The minimum atomic E-state index is -0.311. The van der Waals surface area contributed by atoms with Crippen molar-refractivity contribution in [2.24, 2.45) is 0 Å². The van der Waals surface area contributed by atoms with E-state index in [2.05, 4.69) is 26.2 Å². The van der Waals surface area contributed by atoms with E-state index >= 15 is 0 Å². The molecule has 1 amide bonds. The van der Waals surface area contributed by atoms with Crippen LogP contribution in [0.5, 0.6) is 5.75 Å². The summed E-state index contributed by atoms with van der Waals surface area (Å²) in [7, 11) is 1.62. The molecule has 0 saturated heterocycles. The Labute approximate surface area is 187 Å². The molecule has 7 heteroatoms. The molecule has 0 unspecified atom stereocenters. The van der Waals surface area contributed by atoms with Gasteiger partial charge in [-0.2, -0.15) is 0 Å². The molecule has 1 N–H and O–H groups in total. The highest BCUT2D eigenvalue weighted by Crippen LogP contribution is 2.25. The zero-order valence-electron chi connectivity index (χ0n) is 16.8. The van der Waals surface area contributed by atoms with Crippen molar-refractivity contribution in [3.05, 3.63) is 99.0 Å². The number of anilines is 1. The number of benzene rings is 3. The predicted octanol–water partition coefficient (Wildman–Crippen LogP) is 4.40. The van der Waals surface area contributed by atoms with Crippen molar-refractivity contribution in [3.8, 4) is 5.75 Å². The highest BCUT2D eigenvalue weighted by molar-refractivity contribution is 9.10. The second-order valence-corrected chi connectivity index (χ2v) is 7.99. The largest absolute Gasteiger partial charge is 0.496 e. The van der Waals surface area contributed by atoms with Gasteiger partial charge in [0, 0.05) is 22.1 Å². The number of halogens is 1. The van der Waals surface area contributed by atoms with Crippen molar-refractivity contribution in [2.75, 3.05) is 12.4 Å². The first kappa shape index (κ1) is 20.8. The van der Waals surface area contributed by atoms with Gasteiger partial charge >= 0.3 is 0 Å². The van der Waals surface area contributed by atoms with Crippen molar-refractivity contribution in [1.82, 2.24) is 9.55 Å². The number of ether oxygens (including phenoxy) is 1. The third-order valence-corrected chi connectivity index (χ3v) is 5.39. The summed E-state index contributed by atoms with van der Waals surface area (Å²) < 4.78 is 7.56. The number of carbonyl (C=O) groups excluding carboxylic acids is 1. The van der Waals surface area contributed by atoms with Gasteiger partial charge in [-0.1, -0.05) is 46.3 Å². The zero-order valence-corrected chi connectivity index (χ0v) is 18.4. The SMILES string of the molecule is COc1ccc(NC(=O)Cn2cnc3ccc(Br)cc3c2=O)cc1Cc1ccccc1. The fraction of sp³-hybridized carbons (Fsp3) is 0.125. The van der Waals surface area contributed by atoms with Crippen LogP contribution in [0.1, 0.15) is 11.1 Å². The van der Waals surface area contributed by atoms with E-state index < -0.39 is 0 Å². The molecule has 6 nitrogen and oxygen atoms in total. The summed E-state index contributed by atoms with van der Waals surface area (Å²) in [5.74, 6) is 0.441. The zero-order chi connectivity index (χ0) is 21.8. The summed E-state index contributed by atoms with van der Waals surface area (Å²) in [6.45, 7) is -0.131. The first-order chi connectivity index (χ1) is 15.0. The summed E-state index contributed by atoms with van der Waals surface area (Å²) in [4.78, 5) is 29.6. The Morgan fingerprint density at radius 3 is 2.68 bits per heavy atom. The van der Waals surface area contributed by atoms with E-state index in [4.69, 9.17) is 4.74 Å². The lowest BCUT2D eigenvalue weighted by Gasteiger charge is -2.13. The van der Waals surface area contributed by atoms with E-state index in [1.807, 2.05) is 48.5 Å². The molecule has 4 rings (SSSR count). The maximum absolute atomic E-state index is 12.7. The van der Waals surface area contributed by atoms with Gasteiger partial charge in [-0.25, -0.2) is 4.98 Å². The maximum Gasteiger partial charge on any atom is 0.261 e. The fourth-order valence-electron chi connectivity index (χ4n) is 3.41. The maximum atomic E-state index is 12.7. The average Bonchev–Trinajstić information content (AvgIpc) is 2.77. The topological polar surface area (TPSA) is 73.2 Å². The summed E-state index contributed by atoms with van der Waals surface area (Å²) in [6, 6.07) is 20.8. The number of hydrogen-bond acceptors (Lipinski definition) is 4. The van der Waals surface area contributed by atoms with E-state index in [0.29, 0.717) is 23.0 Å². The molecule has 31 heavy (non-hydrogen) atoms. The van der Waals surface area contributed by atoms with Crippen molar-refractivity contribution in [1.29, 1.82) is 0 Å². The van der Waals surface area contributed by atoms with E-state index in [1.165, 1.54) is 10.9 Å². The minimum Gasteiger partial charge on any atom is -0.496 e. The highest BCUT2D eigenvalue weighted by Gasteiger charge is 2.11. The Hall–Kier alpha value is -3.45. The van der Waals surface area contributed by atoms with Gasteiger partial charge in [0.05, 0.1) is 24.3 Å². The molecule has 0 aliphatic rings. The number of rotatable bonds is 6. The molecule has 0 spiro atoms. The quantitative estimate of drug-likeness (QED) is 0.446. The van der Waals surface area contributed by atoms with Gasteiger partial charge in [-0.15, -0.1) is 0 Å². The van der Waals surface area contributed by atoms with E-state index in [0.717, 1.165) is 21.3 Å². The van der Waals surface area contributed by atoms with Gasteiger partial charge in [0.25, 0.3) is 5.56 Å². The summed E-state index contributed by atoms with van der Waals surface area (Å²) in [6.07, 6.45) is 2.07. The monoisotopic (exact) mass is 477 g/mol. The standard InChI is InChI=1S/C24H20BrN3O3/c1-31-22-10-8-19(12-17(22)11-16-5-3-2-4-6-16)27-23(29)14-28-15-26-21-9-7-18(25)13-20(21)24(28)30/h2-10,12-13,15H,11,14H2,1H3,(H,27,29). The summed E-state index contributed by atoms with van der Waals surface area (Å²) in [5, 5.41) is 3.32. The summed E-state index contributed by atoms with van der Waals surface area (Å²) in [5.41, 5.74) is 3.07. The van der Waals surface area contributed by atoms with Gasteiger partial charge < -0.3 is 10.1 Å². The molecule has 156 valence electrons. The Kier molecular flexibility index (Phi) is 6.13. The van der Waals surface area contributed by atoms with Crippen LogP contribution in [0.3, 0.4) is 0 Å². The lowest BCUT2D eigenvalue weighted by atomic mass is 10.0. The van der Waals surface area contributed by atoms with Gasteiger partial charge in [-0.05, 0) is 42.0 Å². The minimum absolute atomic E-state index is 0.131. The molecule has 0 saturated carbocycles. The molecule has 0 aliphatic carbocycles. The third-order valence-electron chi connectivity index (χ3n) is 4.90. The number of carbonyl (C=O) groups is 1. The Morgan fingerprint density at radius 1 is 1.10 bits per heavy atom. The Bertz CT molecular complexity index is 1300. The third kappa shape index (κ3) is 4.83. The molecular weight excluding hydrogens is 458 g/mol. The number of methoxy groups -OCH3 is 1. The second-order valence-electron chi connectivity index (χ2n) is 7.08. The number of fused-ring (bicyclic) bond motifs is 1. The van der Waals surface area contributed by atoms with Crippen LogP contribution in [-0.4, -0.2) is 22.6 Å². The first-order valence-electron chi connectivity index (χ1n) is 9.69. The van der Waals surface area contributed by atoms with Crippen LogP contribution < -0.4 is 15.6 Å². The molecule has 1 aromatic heterocycles. The van der Waals surface area contributed by atoms with Crippen LogP contribution in [0, 0.1) is 0 Å². The highest BCUT2D eigenvalue weighted by atomic mass is 79.9. The smallest absolute Gasteiger partial charge is 0.261 e. The molecule has 0 aliphatic heterocycles. The van der Waals surface area contributed by atoms with Gasteiger partial charge in [0.15, 0.2) is 0 Å². The van der Waals surface area contributed by atoms with Crippen molar-refractivity contribution < 1.29 is 9.53 Å². The molecular formula is C24H20BrN3O3. The van der Waals surface area contributed by atoms with Crippen molar-refractivity contribution in [3.63, 3.8) is 0 Å². The fourth-order valence-corrected chi connectivity index (χ4v) is 3.77. The van der Waals surface area contributed by atoms with Crippen LogP contribution in [0.15, 0.2) is 82.3 Å². The lowest BCUT2D eigenvalue weighted by molar-refractivity contribution is -0.116. The van der Waals surface area contributed by atoms with E-state index in [-0.39, 0.29) is 18.0 Å². The van der Waals surface area contributed by atoms with Crippen LogP contribution in [-0.2, 0) is 17.8 Å². The number of nitrogens with one attached hydrogen (secondary N) is 1. The van der Waals surface area contributed by atoms with Crippen LogP contribution in [0.25, 0.3) is 10.9 Å². The molecule has 3 aromatic carbocycles. The number of amides is 1. The predicted molar refractivity (Wildman–Crippen MR) is 125 cm³/mol. The van der Waals surface area contributed by atoms with Crippen LogP contribution in [0.2, 0.25) is 0 Å². The van der Waals surface area contributed by atoms with Gasteiger partial charge in [0.2, 0.25) is 5.91 Å². The van der Waals surface area contributed by atoms with E-state index in [1.54, 1.807) is 25.3 Å². The molecule has 0 atom stereocenters. The van der Waals surface area contributed by atoms with Crippen LogP contribution in [0.4, 0.5) is 5.69 Å². The summed E-state index contributed by atoms with van der Waals surface area (Å²) >= 11 is 3.36. The molecule has 0 radical (unpaired) electrons. The van der Waals surface area contributed by atoms with Crippen molar-refractivity contribution >= 4 is 38.4 Å². The molecule has 0 fully saturated rings. The molecule has 0 bridgehead atoms. The number of aromatic nitrogens is 2. The van der Waals surface area contributed by atoms with Crippen LogP contribution >= 0.6 is 15.9 Å². The van der Waals surface area contributed by atoms with Gasteiger partial charge in [-0.3, -0.25) is 14.2 Å². The Balaban J connectivity index is 1.53. The average molecular weight is 478 g/mol. The number of hydrogen-bond donors (Lipinski definition) is 1. The van der Waals surface area contributed by atoms with Crippen molar-refractivity contribution in [2.45, 2.75) is 13.0 Å². The van der Waals surface area contributed by atoms with E-state index in [9.17, 15) is 9.59 Å². The first-order valence-corrected chi connectivity index (χ1v) is 10.5. The molecule has 1 heterocycles. The molecule has 4 aromatic rings. The van der Waals surface area contributed by atoms with Gasteiger partial charge in [0.1, 0.15) is 12.3 Å². The normalized spacial score (nSPS) is 10.8. The Morgan fingerprint density at radius 2 is 1.90 bits per heavy atom. The number of nitrogens with zero attached hydrogens (tertiary/aromatic N) is 2. The second kappa shape index (κ2) is 9.14.